The van der Waals surface area contributed by atoms with Crippen LogP contribution < -0.4 is 16.0 Å². The van der Waals surface area contributed by atoms with Gasteiger partial charge in [-0.2, -0.15) is 41.8 Å². The maximum absolute atomic E-state index is 10.5. The summed E-state index contributed by atoms with van der Waals surface area (Å²) in [5, 5.41) is 7.29. The molecule has 0 aliphatic carbocycles. The molecule has 186 valence electrons. The monoisotopic (exact) mass is 551 g/mol. The largest absolute Gasteiger partial charge is 0.425 e. The summed E-state index contributed by atoms with van der Waals surface area (Å²) in [5.41, 5.74) is 0. The predicted octanol–water partition coefficient (Wildman–Crippen LogP) is -1.43. The zero-order chi connectivity index (χ0) is 25.8. The van der Waals surface area contributed by atoms with Gasteiger partial charge in [-0.25, -0.2) is 4.98 Å². The van der Waals surface area contributed by atoms with Gasteiger partial charge in [-0.3, -0.25) is 9.11 Å². The van der Waals surface area contributed by atoms with Crippen LogP contribution in [0.2, 0.25) is 5.28 Å². The molecule has 22 heteroatoms. The number of aromatic nitrogens is 6. The molecular weight excluding hydrogens is 534 g/mol. The molecule has 33 heavy (non-hydrogen) atoms. The molecule has 0 unspecified atom stereocenters. The van der Waals surface area contributed by atoms with Gasteiger partial charge in [0.2, 0.25) is 23.1 Å². The maximum Gasteiger partial charge on any atom is 0.425 e. The Hall–Kier alpha value is -2.85. The number of aryl methyl sites for hydroxylation is 2. The molecule has 0 aliphatic heterocycles. The van der Waals surface area contributed by atoms with Crippen LogP contribution in [0.1, 0.15) is 11.6 Å². The second kappa shape index (κ2) is 13.6. The molecular formula is C11H18ClN9O9S3. The molecule has 0 spiro atoms. The summed E-state index contributed by atoms with van der Waals surface area (Å²) in [4.78, 5) is 22.6. The third-order valence-electron chi connectivity index (χ3n) is 2.52. The second-order valence-electron chi connectivity index (χ2n) is 5.27. The minimum Gasteiger partial charge on any atom is -0.357 e. The lowest BCUT2D eigenvalue weighted by molar-refractivity contribution is 0.483. The van der Waals surface area contributed by atoms with Crippen LogP contribution in [0.15, 0.2) is 0 Å². The van der Waals surface area contributed by atoms with Gasteiger partial charge in [-0.05, 0) is 25.4 Å². The van der Waals surface area contributed by atoms with Gasteiger partial charge in [-0.1, -0.05) is 0 Å². The molecule has 0 amide bonds. The molecule has 0 bridgehead atoms. The van der Waals surface area contributed by atoms with Crippen molar-refractivity contribution in [3.05, 3.63) is 16.9 Å². The lowest BCUT2D eigenvalue weighted by atomic mass is 10.7. The van der Waals surface area contributed by atoms with E-state index in [1.165, 1.54) is 0 Å². The summed E-state index contributed by atoms with van der Waals surface area (Å²) < 4.78 is 83.9. The van der Waals surface area contributed by atoms with Gasteiger partial charge in [0.25, 0.3) is 20.2 Å². The Bertz CT molecular complexity index is 1230. The van der Waals surface area contributed by atoms with Crippen LogP contribution in [0.25, 0.3) is 0 Å². The van der Waals surface area contributed by atoms with Gasteiger partial charge >= 0.3 is 10.6 Å². The normalized spacial score (nSPS) is 10.6. The summed E-state index contributed by atoms with van der Waals surface area (Å²) in [6.07, 6.45) is 0. The van der Waals surface area contributed by atoms with E-state index >= 15 is 0 Å². The standard InChI is InChI=1S/C6H11N5O3S.C5H7ClN4O3S.O3S/c1-4-9-5(7-2)11-6(10-4)8-3-15(12,13)14;1-3-8-4(6)10-5(9-3)7-2-14(11,12)13;1-4(2)3/h3H2,1-2H3,(H,12,13,14)(H2,7,8,9,10,11);2H2,1H3,(H,11,12,13)(H,7,8,9,10);. The predicted molar refractivity (Wildman–Crippen MR) is 113 cm³/mol. The third kappa shape index (κ3) is 17.4. The molecule has 0 radical (unpaired) electrons. The molecule has 0 aromatic carbocycles. The van der Waals surface area contributed by atoms with E-state index < -0.39 is 42.6 Å². The number of hydrogen-bond donors (Lipinski definition) is 5. The van der Waals surface area contributed by atoms with Gasteiger partial charge < -0.3 is 16.0 Å². The average molecular weight is 552 g/mol. The highest BCUT2D eigenvalue weighted by Gasteiger charge is 2.08. The molecule has 0 saturated heterocycles. The van der Waals surface area contributed by atoms with E-state index in [1.54, 1.807) is 20.9 Å². The van der Waals surface area contributed by atoms with Crippen molar-refractivity contribution < 1.29 is 38.6 Å². The Kier molecular flexibility index (Phi) is 12.5. The van der Waals surface area contributed by atoms with E-state index in [2.05, 4.69) is 45.9 Å². The van der Waals surface area contributed by atoms with Gasteiger partial charge in [0, 0.05) is 7.05 Å². The van der Waals surface area contributed by atoms with Crippen LogP contribution in [-0.4, -0.2) is 87.3 Å². The molecule has 0 fully saturated rings. The SMILES string of the molecule is CNc1nc(C)nc(NCS(=O)(=O)O)n1.Cc1nc(Cl)nc(NCS(=O)(=O)O)n1.O=S(=O)=O. The van der Waals surface area contributed by atoms with Crippen LogP contribution in [-0.2, 0) is 30.8 Å². The lowest BCUT2D eigenvalue weighted by Crippen LogP contribution is -2.16. The average Bonchev–Trinajstić information content (AvgIpc) is 2.62. The van der Waals surface area contributed by atoms with E-state index in [0.717, 1.165) is 0 Å². The minimum atomic E-state index is -4.10. The Balaban J connectivity index is 0.000000536. The maximum atomic E-state index is 10.5. The van der Waals surface area contributed by atoms with Gasteiger partial charge in [0.1, 0.15) is 23.4 Å². The minimum absolute atomic E-state index is 0.000116. The Labute approximate surface area is 194 Å². The Morgan fingerprint density at radius 2 is 1.12 bits per heavy atom. The highest BCUT2D eigenvalue weighted by atomic mass is 35.5. The van der Waals surface area contributed by atoms with Crippen LogP contribution in [0.4, 0.5) is 17.8 Å². The zero-order valence-corrected chi connectivity index (χ0v) is 20.2. The highest BCUT2D eigenvalue weighted by Crippen LogP contribution is 2.05. The Morgan fingerprint density at radius 1 is 0.758 bits per heavy atom. The van der Waals surface area contributed by atoms with Crippen molar-refractivity contribution in [2.75, 3.05) is 34.8 Å². The fourth-order valence-corrected chi connectivity index (χ4v) is 2.34. The van der Waals surface area contributed by atoms with Gasteiger partial charge in [0.05, 0.1) is 0 Å². The summed E-state index contributed by atoms with van der Waals surface area (Å²) in [6, 6.07) is 0. The molecule has 2 aromatic rings. The topological polar surface area (TPSA) is 273 Å². The van der Waals surface area contributed by atoms with Crippen molar-refractivity contribution in [2.24, 2.45) is 0 Å². The van der Waals surface area contributed by atoms with E-state index in [1.807, 2.05) is 0 Å². The molecule has 2 rings (SSSR count). The van der Waals surface area contributed by atoms with E-state index in [-0.39, 0.29) is 17.2 Å². The van der Waals surface area contributed by atoms with Gasteiger partial charge in [0.15, 0.2) is 0 Å². The summed E-state index contributed by atoms with van der Waals surface area (Å²) >= 11 is 5.49. The smallest absolute Gasteiger partial charge is 0.357 e. The fraction of sp³-hybridized carbons (Fsp3) is 0.455. The first-order valence-corrected chi connectivity index (χ1v) is 12.5. The fourth-order valence-electron chi connectivity index (χ4n) is 1.51. The van der Waals surface area contributed by atoms with Crippen molar-refractivity contribution in [3.63, 3.8) is 0 Å². The molecule has 0 saturated carbocycles. The van der Waals surface area contributed by atoms with E-state index in [9.17, 15) is 16.8 Å². The quantitative estimate of drug-likeness (QED) is 0.246. The molecule has 2 aromatic heterocycles. The van der Waals surface area contributed by atoms with Crippen LogP contribution in [0.3, 0.4) is 0 Å². The third-order valence-corrected chi connectivity index (χ3v) is 3.70. The summed E-state index contributed by atoms with van der Waals surface area (Å²) in [5.74, 6) is -0.119. The van der Waals surface area contributed by atoms with Crippen molar-refractivity contribution in [3.8, 4) is 0 Å². The van der Waals surface area contributed by atoms with Crippen molar-refractivity contribution in [1.82, 2.24) is 29.9 Å². The molecule has 5 N–H and O–H groups in total. The number of nitrogens with one attached hydrogen (secondary N) is 3. The van der Waals surface area contributed by atoms with Crippen LogP contribution >= 0.6 is 11.6 Å². The first kappa shape index (κ1) is 30.1. The van der Waals surface area contributed by atoms with Crippen LogP contribution in [0.5, 0.6) is 0 Å². The first-order valence-electron chi connectivity index (χ1n) is 7.94. The molecule has 18 nitrogen and oxygen atoms in total. The van der Waals surface area contributed by atoms with Crippen molar-refractivity contribution in [2.45, 2.75) is 13.8 Å². The number of nitrogens with zero attached hydrogens (tertiary/aromatic N) is 6. The number of halogens is 1. The Morgan fingerprint density at radius 3 is 1.48 bits per heavy atom. The van der Waals surface area contributed by atoms with E-state index in [0.29, 0.717) is 17.6 Å². The second-order valence-corrected chi connectivity index (χ2v) is 8.92. The lowest BCUT2D eigenvalue weighted by Gasteiger charge is -2.05. The highest BCUT2D eigenvalue weighted by molar-refractivity contribution is 7.86. The number of rotatable bonds is 7. The van der Waals surface area contributed by atoms with E-state index in [4.69, 9.17) is 33.3 Å². The number of hydrogen-bond acceptors (Lipinski definition) is 16. The summed E-state index contributed by atoms with van der Waals surface area (Å²) in [7, 11) is -9.67. The van der Waals surface area contributed by atoms with Crippen molar-refractivity contribution in [1.29, 1.82) is 0 Å². The van der Waals surface area contributed by atoms with Crippen molar-refractivity contribution >= 4 is 60.3 Å². The number of anilines is 3. The molecule has 2 heterocycles. The molecule has 0 aliphatic rings. The first-order chi connectivity index (χ1) is 15.0. The van der Waals surface area contributed by atoms with Crippen LogP contribution in [0, 0.1) is 13.8 Å². The zero-order valence-electron chi connectivity index (χ0n) is 17.0. The molecule has 0 atom stereocenters. The van der Waals surface area contributed by atoms with Gasteiger partial charge in [-0.15, -0.1) is 12.6 Å². The summed E-state index contributed by atoms with van der Waals surface area (Å²) in [6.45, 7) is 3.22.